The summed E-state index contributed by atoms with van der Waals surface area (Å²) >= 11 is 0.918. The van der Waals surface area contributed by atoms with Gasteiger partial charge in [-0.2, -0.15) is 0 Å². The van der Waals surface area contributed by atoms with Gasteiger partial charge in [0.25, 0.3) is 5.91 Å². The van der Waals surface area contributed by atoms with Crippen molar-refractivity contribution < 1.29 is 52.4 Å². The standard InChI is InChI=1S/C31H32N2O11S/c1-17(34)40-16-25-26(41-18(2)35)27(42-19(3)36)28(43-20(4)37)30(44-25)45-31-32-24(15-21-11-13-23(39-5)14-12-21)29(38)33(31)22-9-7-6-8-10-22/h6-15,25-28,30H,16H2,1-5H3/b24-15-/t25-,26-,27+,28-,30-/m1/s1. The molecule has 0 bridgehead atoms. The predicted octanol–water partition coefficient (Wildman–Crippen LogP) is 3.26. The third kappa shape index (κ3) is 8.48. The lowest BCUT2D eigenvalue weighted by atomic mass is 9.99. The molecule has 0 aliphatic carbocycles. The molecular formula is C31H32N2O11S. The Balaban J connectivity index is 1.77. The monoisotopic (exact) mass is 640 g/mol. The Morgan fingerprint density at radius 2 is 1.44 bits per heavy atom. The van der Waals surface area contributed by atoms with Crippen LogP contribution in [0.2, 0.25) is 0 Å². The third-order valence-corrected chi connectivity index (χ3v) is 7.53. The molecule has 238 valence electrons. The molecule has 2 aliphatic rings. The quantitative estimate of drug-likeness (QED) is 0.224. The van der Waals surface area contributed by atoms with Crippen molar-refractivity contribution in [2.75, 3.05) is 18.6 Å². The second-order valence-electron chi connectivity index (χ2n) is 9.86. The summed E-state index contributed by atoms with van der Waals surface area (Å²) in [6.45, 7) is 4.24. The van der Waals surface area contributed by atoms with Gasteiger partial charge in [0.2, 0.25) is 0 Å². The van der Waals surface area contributed by atoms with Crippen LogP contribution in [-0.4, -0.2) is 78.5 Å². The summed E-state index contributed by atoms with van der Waals surface area (Å²) in [4.78, 5) is 68.0. The fraction of sp³-hybridized carbons (Fsp3) is 0.355. The van der Waals surface area contributed by atoms with Crippen molar-refractivity contribution in [3.63, 3.8) is 0 Å². The number of esters is 4. The van der Waals surface area contributed by atoms with Gasteiger partial charge in [0.1, 0.15) is 24.2 Å². The molecule has 0 saturated carbocycles. The first kappa shape index (κ1) is 33.2. The van der Waals surface area contributed by atoms with Crippen LogP contribution in [0.15, 0.2) is 65.3 Å². The van der Waals surface area contributed by atoms with Gasteiger partial charge in [0.15, 0.2) is 28.9 Å². The Morgan fingerprint density at radius 3 is 2.02 bits per heavy atom. The van der Waals surface area contributed by atoms with E-state index in [2.05, 4.69) is 4.99 Å². The molecule has 5 atom stereocenters. The minimum absolute atomic E-state index is 0.108. The Bertz CT molecular complexity index is 1490. The molecule has 0 N–H and O–H groups in total. The first-order chi connectivity index (χ1) is 21.5. The number of hydrogen-bond donors (Lipinski definition) is 0. The summed E-state index contributed by atoms with van der Waals surface area (Å²) in [5, 5.41) is 0.159. The smallest absolute Gasteiger partial charge is 0.303 e. The lowest BCUT2D eigenvalue weighted by Gasteiger charge is -2.44. The fourth-order valence-electron chi connectivity index (χ4n) is 4.63. The van der Waals surface area contributed by atoms with Gasteiger partial charge in [0, 0.05) is 27.7 Å². The molecule has 1 saturated heterocycles. The number of ether oxygens (including phenoxy) is 6. The van der Waals surface area contributed by atoms with Crippen LogP contribution in [0.25, 0.3) is 6.08 Å². The summed E-state index contributed by atoms with van der Waals surface area (Å²) < 4.78 is 33.2. The Labute approximate surface area is 263 Å². The van der Waals surface area contributed by atoms with E-state index in [1.807, 2.05) is 0 Å². The molecule has 0 spiro atoms. The molecule has 45 heavy (non-hydrogen) atoms. The van der Waals surface area contributed by atoms with Crippen LogP contribution < -0.4 is 9.64 Å². The molecular weight excluding hydrogens is 608 g/mol. The van der Waals surface area contributed by atoms with Crippen LogP contribution in [0, 0.1) is 0 Å². The average molecular weight is 641 g/mol. The Hall–Kier alpha value is -4.69. The van der Waals surface area contributed by atoms with E-state index in [-0.39, 0.29) is 17.5 Å². The van der Waals surface area contributed by atoms with Crippen LogP contribution in [0.3, 0.4) is 0 Å². The number of para-hydroxylation sites is 1. The van der Waals surface area contributed by atoms with Crippen LogP contribution in [0.1, 0.15) is 33.3 Å². The molecule has 0 radical (unpaired) electrons. The van der Waals surface area contributed by atoms with Crippen molar-refractivity contribution in [3.05, 3.63) is 65.9 Å². The topological polar surface area (TPSA) is 156 Å². The highest BCUT2D eigenvalue weighted by molar-refractivity contribution is 8.14. The molecule has 2 aromatic rings. The lowest BCUT2D eigenvalue weighted by molar-refractivity contribution is -0.237. The molecule has 0 unspecified atom stereocenters. The zero-order chi connectivity index (χ0) is 32.7. The van der Waals surface area contributed by atoms with E-state index in [1.165, 1.54) is 11.8 Å². The second-order valence-corrected chi connectivity index (χ2v) is 10.9. The molecule has 4 rings (SSSR count). The van der Waals surface area contributed by atoms with E-state index in [9.17, 15) is 24.0 Å². The number of nitrogens with zero attached hydrogens (tertiary/aromatic N) is 2. The van der Waals surface area contributed by atoms with Gasteiger partial charge < -0.3 is 28.4 Å². The minimum atomic E-state index is -1.36. The summed E-state index contributed by atoms with van der Waals surface area (Å²) in [5.41, 5.74) is 0.118. The van der Waals surface area contributed by atoms with E-state index in [0.29, 0.717) is 17.0 Å². The second kappa shape index (κ2) is 14.9. The van der Waals surface area contributed by atoms with Crippen molar-refractivity contribution in [2.24, 2.45) is 4.99 Å². The van der Waals surface area contributed by atoms with Crippen molar-refractivity contribution in [1.82, 2.24) is 0 Å². The number of methoxy groups -OCH3 is 1. The highest BCUT2D eigenvalue weighted by atomic mass is 32.2. The molecule has 14 heteroatoms. The maximum atomic E-state index is 13.8. The molecule has 2 aliphatic heterocycles. The van der Waals surface area contributed by atoms with E-state index in [0.717, 1.165) is 32.5 Å². The van der Waals surface area contributed by atoms with Crippen molar-refractivity contribution in [2.45, 2.75) is 57.5 Å². The molecule has 2 heterocycles. The van der Waals surface area contributed by atoms with Gasteiger partial charge in [-0.3, -0.25) is 28.9 Å². The number of anilines is 1. The lowest BCUT2D eigenvalue weighted by Crippen LogP contribution is -2.61. The number of hydrogen-bond acceptors (Lipinski definition) is 13. The SMILES string of the molecule is COc1ccc(/C=C2\N=C(S[C@H]3O[C@H](COC(C)=O)[C@@H](OC(C)=O)[C@H](OC(C)=O)[C@H]3OC(C)=O)N(c3ccccc3)C2=O)cc1. The zero-order valence-electron chi connectivity index (χ0n) is 25.2. The van der Waals surface area contributed by atoms with Crippen LogP contribution in [-0.2, 0) is 47.7 Å². The predicted molar refractivity (Wildman–Crippen MR) is 162 cm³/mol. The molecule has 1 amide bonds. The zero-order valence-corrected chi connectivity index (χ0v) is 26.0. The number of rotatable bonds is 9. The Kier molecular flexibility index (Phi) is 11.0. The van der Waals surface area contributed by atoms with Crippen LogP contribution in [0.4, 0.5) is 5.69 Å². The van der Waals surface area contributed by atoms with Gasteiger partial charge in [-0.15, -0.1) is 0 Å². The molecule has 13 nitrogen and oxygen atoms in total. The Morgan fingerprint density at radius 1 is 0.844 bits per heavy atom. The number of aliphatic imine (C=N–C) groups is 1. The number of amides is 1. The third-order valence-electron chi connectivity index (χ3n) is 6.43. The number of amidine groups is 1. The van der Waals surface area contributed by atoms with E-state index in [4.69, 9.17) is 28.4 Å². The highest BCUT2D eigenvalue weighted by Gasteiger charge is 2.53. The molecule has 1 fully saturated rings. The molecule has 0 aromatic heterocycles. The summed E-state index contributed by atoms with van der Waals surface area (Å²) in [7, 11) is 1.55. The average Bonchev–Trinajstić information content (AvgIpc) is 3.29. The van der Waals surface area contributed by atoms with Crippen molar-refractivity contribution in [3.8, 4) is 5.75 Å². The van der Waals surface area contributed by atoms with Gasteiger partial charge in [-0.05, 0) is 35.9 Å². The van der Waals surface area contributed by atoms with Crippen molar-refractivity contribution in [1.29, 1.82) is 0 Å². The summed E-state index contributed by atoms with van der Waals surface area (Å²) in [5.74, 6) is -2.67. The van der Waals surface area contributed by atoms with Crippen LogP contribution >= 0.6 is 11.8 Å². The van der Waals surface area contributed by atoms with Crippen LogP contribution in [0.5, 0.6) is 5.75 Å². The maximum absolute atomic E-state index is 13.8. The first-order valence-corrected chi connectivity index (χ1v) is 14.7. The highest BCUT2D eigenvalue weighted by Crippen LogP contribution is 2.38. The summed E-state index contributed by atoms with van der Waals surface area (Å²) in [6, 6.07) is 15.8. The van der Waals surface area contributed by atoms with E-state index in [1.54, 1.807) is 67.8 Å². The summed E-state index contributed by atoms with van der Waals surface area (Å²) in [6.07, 6.45) is -3.55. The first-order valence-electron chi connectivity index (χ1n) is 13.8. The van der Waals surface area contributed by atoms with Crippen molar-refractivity contribution >= 4 is 58.5 Å². The number of thioether (sulfide) groups is 1. The van der Waals surface area contributed by atoms with Gasteiger partial charge >= 0.3 is 23.9 Å². The van der Waals surface area contributed by atoms with Gasteiger partial charge in [-0.25, -0.2) is 4.99 Å². The normalized spacial score (nSPS) is 23.6. The van der Waals surface area contributed by atoms with Gasteiger partial charge in [-0.1, -0.05) is 42.1 Å². The maximum Gasteiger partial charge on any atom is 0.303 e. The number of benzene rings is 2. The fourth-order valence-corrected chi connectivity index (χ4v) is 5.82. The number of carbonyl (C=O) groups is 5. The number of carbonyl (C=O) groups excluding carboxylic acids is 5. The van der Waals surface area contributed by atoms with E-state index < -0.39 is 59.6 Å². The van der Waals surface area contributed by atoms with Gasteiger partial charge in [0.05, 0.1) is 12.8 Å². The largest absolute Gasteiger partial charge is 0.497 e. The minimum Gasteiger partial charge on any atom is -0.497 e. The van der Waals surface area contributed by atoms with E-state index >= 15 is 0 Å². The molecule has 2 aromatic carbocycles.